The second-order valence-corrected chi connectivity index (χ2v) is 6.99. The van der Waals surface area contributed by atoms with Gasteiger partial charge in [-0.25, -0.2) is 4.39 Å². The van der Waals surface area contributed by atoms with Crippen molar-refractivity contribution in [3.63, 3.8) is 0 Å². The zero-order chi connectivity index (χ0) is 14.9. The van der Waals surface area contributed by atoms with Gasteiger partial charge in [0.2, 0.25) is 0 Å². The molecule has 0 fully saturated rings. The first-order valence-electron chi connectivity index (χ1n) is 5.91. The summed E-state index contributed by atoms with van der Waals surface area (Å²) in [5.74, 6) is -0.332. The van der Waals surface area contributed by atoms with E-state index in [2.05, 4.69) is 31.9 Å². The number of hydrogen-bond donors (Lipinski definition) is 1. The molecule has 5 heteroatoms. The van der Waals surface area contributed by atoms with E-state index in [4.69, 9.17) is 11.6 Å². The predicted molar refractivity (Wildman–Crippen MR) is 86.5 cm³/mol. The molecule has 1 unspecified atom stereocenters. The average Bonchev–Trinajstić information content (AvgIpc) is 2.33. The molecule has 1 nitrogen and oxygen atoms in total. The third-order valence-corrected chi connectivity index (χ3v) is 4.63. The summed E-state index contributed by atoms with van der Waals surface area (Å²) in [4.78, 5) is 0. The van der Waals surface area contributed by atoms with Crippen LogP contribution in [0.5, 0.6) is 0 Å². The van der Waals surface area contributed by atoms with Gasteiger partial charge >= 0.3 is 0 Å². The Bertz CT molecular complexity index is 644. The average molecular weight is 423 g/mol. The van der Waals surface area contributed by atoms with Gasteiger partial charge in [0.15, 0.2) is 0 Å². The lowest BCUT2D eigenvalue weighted by Gasteiger charge is -2.26. The lowest BCUT2D eigenvalue weighted by Crippen LogP contribution is -2.25. The van der Waals surface area contributed by atoms with Crippen LogP contribution in [-0.4, -0.2) is 5.11 Å². The van der Waals surface area contributed by atoms with E-state index in [1.165, 1.54) is 12.1 Å². The predicted octanol–water partition coefficient (Wildman–Crippen LogP) is 5.45. The maximum absolute atomic E-state index is 13.3. The Morgan fingerprint density at radius 2 is 1.90 bits per heavy atom. The van der Waals surface area contributed by atoms with E-state index in [0.29, 0.717) is 16.1 Å². The van der Waals surface area contributed by atoms with Crippen molar-refractivity contribution in [2.75, 3.05) is 0 Å². The van der Waals surface area contributed by atoms with Gasteiger partial charge in [0.05, 0.1) is 5.60 Å². The Morgan fingerprint density at radius 3 is 2.55 bits per heavy atom. The molecular formula is C15H12Br2ClFO. The van der Waals surface area contributed by atoms with Gasteiger partial charge in [-0.3, -0.25) is 0 Å². The van der Waals surface area contributed by atoms with Gasteiger partial charge in [-0.2, -0.15) is 0 Å². The van der Waals surface area contributed by atoms with Crippen molar-refractivity contribution in [3.8, 4) is 0 Å². The SMILES string of the molecule is CC(O)(Cc1cc(F)ccc1Br)c1ccc(Br)cc1Cl. The molecule has 0 spiro atoms. The van der Waals surface area contributed by atoms with Gasteiger partial charge < -0.3 is 5.11 Å². The Labute approximate surface area is 139 Å². The van der Waals surface area contributed by atoms with Crippen LogP contribution in [0.1, 0.15) is 18.1 Å². The Hall–Kier alpha value is -0.420. The number of aliphatic hydroxyl groups is 1. The molecule has 0 saturated heterocycles. The van der Waals surface area contributed by atoms with Crippen molar-refractivity contribution in [2.45, 2.75) is 18.9 Å². The molecule has 1 atom stereocenters. The summed E-state index contributed by atoms with van der Waals surface area (Å²) in [7, 11) is 0. The molecule has 0 bridgehead atoms. The van der Waals surface area contributed by atoms with Gasteiger partial charge in [0, 0.05) is 26.0 Å². The highest BCUT2D eigenvalue weighted by atomic mass is 79.9. The van der Waals surface area contributed by atoms with Gasteiger partial charge in [0.25, 0.3) is 0 Å². The molecule has 0 heterocycles. The molecule has 0 amide bonds. The Balaban J connectivity index is 2.37. The zero-order valence-electron chi connectivity index (χ0n) is 10.6. The van der Waals surface area contributed by atoms with E-state index in [1.807, 2.05) is 6.07 Å². The second-order valence-electron chi connectivity index (χ2n) is 4.81. The summed E-state index contributed by atoms with van der Waals surface area (Å²) in [6, 6.07) is 9.71. The molecule has 0 saturated carbocycles. The van der Waals surface area contributed by atoms with Gasteiger partial charge in [-0.15, -0.1) is 0 Å². The van der Waals surface area contributed by atoms with Crippen molar-refractivity contribution in [2.24, 2.45) is 0 Å². The standard InChI is InChI=1S/C15H12Br2ClFO/c1-15(20,12-4-2-10(16)7-14(12)18)8-9-6-11(19)3-5-13(9)17/h2-7,20H,8H2,1H3. The normalized spacial score (nSPS) is 14.1. The Morgan fingerprint density at radius 1 is 1.20 bits per heavy atom. The highest BCUT2D eigenvalue weighted by Crippen LogP contribution is 2.34. The van der Waals surface area contributed by atoms with Gasteiger partial charge in [-0.05, 0) is 42.8 Å². The maximum atomic E-state index is 13.3. The highest BCUT2D eigenvalue weighted by molar-refractivity contribution is 9.10. The summed E-state index contributed by atoms with van der Waals surface area (Å²) in [5, 5.41) is 11.2. The number of benzene rings is 2. The van der Waals surface area contributed by atoms with E-state index in [1.54, 1.807) is 25.1 Å². The molecule has 0 aliphatic heterocycles. The molecule has 0 aliphatic rings. The minimum Gasteiger partial charge on any atom is -0.385 e. The monoisotopic (exact) mass is 420 g/mol. The highest BCUT2D eigenvalue weighted by Gasteiger charge is 2.27. The van der Waals surface area contributed by atoms with Crippen molar-refractivity contribution >= 4 is 43.5 Å². The molecule has 20 heavy (non-hydrogen) atoms. The zero-order valence-corrected chi connectivity index (χ0v) is 14.6. The molecule has 0 aromatic heterocycles. The molecular weight excluding hydrogens is 410 g/mol. The minimum atomic E-state index is -1.19. The number of rotatable bonds is 3. The van der Waals surface area contributed by atoms with Gasteiger partial charge in [0.1, 0.15) is 5.82 Å². The molecule has 2 aromatic carbocycles. The van der Waals surface area contributed by atoms with Crippen LogP contribution in [0.15, 0.2) is 45.3 Å². The fraction of sp³-hybridized carbons (Fsp3) is 0.200. The largest absolute Gasteiger partial charge is 0.385 e. The molecule has 2 aromatic rings. The van der Waals surface area contributed by atoms with Crippen molar-refractivity contribution in [1.29, 1.82) is 0 Å². The molecule has 106 valence electrons. The number of halogens is 4. The van der Waals surface area contributed by atoms with Crippen LogP contribution in [0.2, 0.25) is 5.02 Å². The minimum absolute atomic E-state index is 0.257. The first-order chi connectivity index (χ1) is 9.29. The maximum Gasteiger partial charge on any atom is 0.123 e. The second kappa shape index (κ2) is 6.14. The van der Waals surface area contributed by atoms with Crippen LogP contribution in [0.3, 0.4) is 0 Å². The quantitative estimate of drug-likeness (QED) is 0.697. The first-order valence-corrected chi connectivity index (χ1v) is 7.88. The van der Waals surface area contributed by atoms with Crippen LogP contribution in [0.25, 0.3) is 0 Å². The molecule has 2 rings (SSSR count). The van der Waals surface area contributed by atoms with E-state index >= 15 is 0 Å². The number of hydrogen-bond acceptors (Lipinski definition) is 1. The fourth-order valence-electron chi connectivity index (χ4n) is 2.07. The third-order valence-electron chi connectivity index (χ3n) is 3.05. The van der Waals surface area contributed by atoms with Crippen LogP contribution in [-0.2, 0) is 12.0 Å². The topological polar surface area (TPSA) is 20.2 Å². The van der Waals surface area contributed by atoms with Crippen molar-refractivity contribution in [1.82, 2.24) is 0 Å². The summed E-state index contributed by atoms with van der Waals surface area (Å²) in [6.45, 7) is 1.67. The molecule has 0 radical (unpaired) electrons. The summed E-state index contributed by atoms with van der Waals surface area (Å²) >= 11 is 12.9. The molecule has 1 N–H and O–H groups in total. The first kappa shape index (κ1) is 16.0. The lowest BCUT2D eigenvalue weighted by atomic mass is 9.89. The molecule has 0 aliphatic carbocycles. The van der Waals surface area contributed by atoms with Crippen molar-refractivity contribution < 1.29 is 9.50 Å². The lowest BCUT2D eigenvalue weighted by molar-refractivity contribution is 0.0575. The van der Waals surface area contributed by atoms with E-state index in [-0.39, 0.29) is 12.2 Å². The van der Waals surface area contributed by atoms with Crippen LogP contribution in [0.4, 0.5) is 4.39 Å². The van der Waals surface area contributed by atoms with E-state index in [9.17, 15) is 9.50 Å². The van der Waals surface area contributed by atoms with Crippen molar-refractivity contribution in [3.05, 3.63) is 67.3 Å². The van der Waals surface area contributed by atoms with Crippen LogP contribution in [0, 0.1) is 5.82 Å². The summed E-state index contributed by atoms with van der Waals surface area (Å²) < 4.78 is 14.9. The van der Waals surface area contributed by atoms with E-state index < -0.39 is 5.60 Å². The summed E-state index contributed by atoms with van der Waals surface area (Å²) in [5.41, 5.74) is 0.112. The Kier molecular flexibility index (Phi) is 4.90. The van der Waals surface area contributed by atoms with E-state index in [0.717, 1.165) is 8.95 Å². The van der Waals surface area contributed by atoms with Crippen LogP contribution < -0.4 is 0 Å². The van der Waals surface area contributed by atoms with Gasteiger partial charge in [-0.1, -0.05) is 49.5 Å². The smallest absolute Gasteiger partial charge is 0.123 e. The summed E-state index contributed by atoms with van der Waals surface area (Å²) in [6.07, 6.45) is 0.257. The van der Waals surface area contributed by atoms with Crippen LogP contribution >= 0.6 is 43.5 Å². The third kappa shape index (κ3) is 3.61. The fourth-order valence-corrected chi connectivity index (χ4v) is 3.33.